The molecule has 0 aromatic heterocycles. The van der Waals surface area contributed by atoms with Crippen molar-refractivity contribution >= 4 is 18.1 Å². The molecule has 1 rings (SSSR count). The Kier molecular flexibility index (Phi) is 4.12. The van der Waals surface area contributed by atoms with Gasteiger partial charge in [-0.3, -0.25) is 4.79 Å². The van der Waals surface area contributed by atoms with Gasteiger partial charge in [-0.1, -0.05) is 0 Å². The quantitative estimate of drug-likeness (QED) is 0.254. The van der Waals surface area contributed by atoms with E-state index in [1.807, 2.05) is 0 Å². The van der Waals surface area contributed by atoms with Crippen molar-refractivity contribution in [2.45, 2.75) is 17.9 Å². The molecule has 0 aliphatic carbocycles. The molecule has 0 saturated carbocycles. The maximum Gasteiger partial charge on any atom is 0.283 e. The number of rotatable bonds is 3. The van der Waals surface area contributed by atoms with Gasteiger partial charge in [0, 0.05) is 0 Å². The molecule has 3 unspecified atom stereocenters. The summed E-state index contributed by atoms with van der Waals surface area (Å²) >= 11 is 0. The smallest absolute Gasteiger partial charge is 0.283 e. The Morgan fingerprint density at radius 1 is 1.59 bits per heavy atom. The molecule has 7 N–H and O–H groups in total. The van der Waals surface area contributed by atoms with Gasteiger partial charge in [-0.15, -0.1) is 0 Å². The van der Waals surface area contributed by atoms with Crippen molar-refractivity contribution in [3.8, 4) is 0 Å². The van der Waals surface area contributed by atoms with Crippen molar-refractivity contribution < 1.29 is 24.9 Å². The van der Waals surface area contributed by atoms with Crippen LogP contribution in [-0.4, -0.2) is 64.5 Å². The van der Waals surface area contributed by atoms with Crippen LogP contribution in [-0.2, 0) is 9.53 Å². The van der Waals surface area contributed by atoms with Crippen LogP contribution in [0.3, 0.4) is 0 Å². The normalized spacial score (nSPS) is 34.4. The average molecular weight is 246 g/mol. The van der Waals surface area contributed by atoms with E-state index in [1.165, 1.54) is 0 Å². The number of aliphatic hydroxyl groups is 3. The minimum absolute atomic E-state index is 0.304. The first kappa shape index (κ1) is 13.5. The molecule has 0 radical (unpaired) electrons. The summed E-state index contributed by atoms with van der Waals surface area (Å²) < 4.78 is 4.90. The highest BCUT2D eigenvalue weighted by molar-refractivity contribution is 6.37. The molecule has 9 nitrogen and oxygen atoms in total. The molecule has 0 aromatic rings. The highest BCUT2D eigenvalue weighted by Crippen LogP contribution is 2.25. The fraction of sp³-hybridized carbons (Fsp3) is 0.625. The van der Waals surface area contributed by atoms with Gasteiger partial charge >= 0.3 is 0 Å². The van der Waals surface area contributed by atoms with Crippen LogP contribution in [0.1, 0.15) is 0 Å². The van der Waals surface area contributed by atoms with Crippen molar-refractivity contribution in [3.05, 3.63) is 0 Å². The van der Waals surface area contributed by atoms with E-state index in [4.69, 9.17) is 21.3 Å². The molecule has 0 aromatic carbocycles. The summed E-state index contributed by atoms with van der Waals surface area (Å²) in [6.07, 6.45) is -1.52. The predicted octanol–water partition coefficient (Wildman–Crippen LogP) is -3.70. The van der Waals surface area contributed by atoms with E-state index in [9.17, 15) is 15.0 Å². The topological polar surface area (TPSA) is 164 Å². The molecule has 1 aliphatic rings. The molecule has 1 heterocycles. The molecule has 17 heavy (non-hydrogen) atoms. The molecular formula is C8H14N4O5. The molecule has 96 valence electrons. The number of amidine groups is 1. The summed E-state index contributed by atoms with van der Waals surface area (Å²) in [6.45, 7) is -0.756. The van der Waals surface area contributed by atoms with E-state index >= 15 is 0 Å². The zero-order valence-corrected chi connectivity index (χ0v) is 8.85. The monoisotopic (exact) mass is 246 g/mol. The van der Waals surface area contributed by atoms with Crippen LogP contribution in [0, 0.1) is 0 Å². The van der Waals surface area contributed by atoms with Crippen LogP contribution in [0.15, 0.2) is 9.98 Å². The highest BCUT2D eigenvalue weighted by Gasteiger charge is 2.47. The van der Waals surface area contributed by atoms with Gasteiger partial charge < -0.3 is 31.5 Å². The Morgan fingerprint density at radius 2 is 2.24 bits per heavy atom. The van der Waals surface area contributed by atoms with Crippen molar-refractivity contribution in [2.24, 2.45) is 21.5 Å². The lowest BCUT2D eigenvalue weighted by molar-refractivity contribution is -0.112. The molecular weight excluding hydrogens is 232 g/mol. The molecule has 1 aliphatic heterocycles. The fourth-order valence-corrected chi connectivity index (χ4v) is 1.22. The van der Waals surface area contributed by atoms with Gasteiger partial charge in [0.2, 0.25) is 5.72 Å². The summed E-state index contributed by atoms with van der Waals surface area (Å²) in [4.78, 5) is 17.4. The second kappa shape index (κ2) is 5.19. The van der Waals surface area contributed by atoms with E-state index in [0.29, 0.717) is 0 Å². The summed E-state index contributed by atoms with van der Waals surface area (Å²) in [7, 11) is 0. The number of hydrogen-bond donors (Lipinski definition) is 5. The number of hydrogen-bond acceptors (Lipinski definition) is 6. The summed E-state index contributed by atoms with van der Waals surface area (Å²) in [6, 6.07) is 0. The zero-order valence-electron chi connectivity index (χ0n) is 8.85. The molecule has 3 atom stereocenters. The van der Waals surface area contributed by atoms with Crippen LogP contribution in [0.25, 0.3) is 0 Å². The third-order valence-electron chi connectivity index (χ3n) is 2.25. The van der Waals surface area contributed by atoms with Gasteiger partial charge in [0.1, 0.15) is 18.5 Å². The lowest BCUT2D eigenvalue weighted by Crippen LogP contribution is -2.43. The number of carbonyl (C=O) groups is 1. The van der Waals surface area contributed by atoms with Crippen LogP contribution >= 0.6 is 0 Å². The summed E-state index contributed by atoms with van der Waals surface area (Å²) in [5.41, 5.74) is 7.99. The van der Waals surface area contributed by atoms with E-state index in [-0.39, 0.29) is 6.61 Å². The number of nitrogens with zero attached hydrogens (tertiary/aromatic N) is 2. The standard InChI is InChI=1S/C8H14N4O5/c9-6(7(10)15)11-3-12-8(16)2-17-4(1-13)5(8)14/h3-5,13-14,16H,1-2H2,(H2,10,15)(H2,9,11,12). The van der Waals surface area contributed by atoms with Crippen molar-refractivity contribution in [1.29, 1.82) is 0 Å². The largest absolute Gasteiger partial charge is 0.394 e. The number of amides is 1. The Labute approximate surface area is 96.4 Å². The molecule has 1 amide bonds. The number of aliphatic hydroxyl groups excluding tert-OH is 2. The van der Waals surface area contributed by atoms with Gasteiger partial charge in [0.15, 0.2) is 5.84 Å². The SMILES string of the molecule is NC(=O)C(N)=NC=NC1(O)COC(CO)C1O. The summed E-state index contributed by atoms with van der Waals surface area (Å²) in [5, 5.41) is 28.2. The van der Waals surface area contributed by atoms with Gasteiger partial charge in [0.05, 0.1) is 13.2 Å². The predicted molar refractivity (Wildman–Crippen MR) is 57.1 cm³/mol. The first-order valence-electron chi connectivity index (χ1n) is 4.70. The Balaban J connectivity index is 2.71. The first-order valence-corrected chi connectivity index (χ1v) is 4.70. The number of carbonyl (C=O) groups excluding carboxylic acids is 1. The first-order chi connectivity index (χ1) is 7.90. The zero-order chi connectivity index (χ0) is 13.1. The van der Waals surface area contributed by atoms with Crippen molar-refractivity contribution in [3.63, 3.8) is 0 Å². The minimum atomic E-state index is -1.92. The summed E-state index contributed by atoms with van der Waals surface area (Å²) in [5.74, 6) is -1.41. The fourth-order valence-electron chi connectivity index (χ4n) is 1.22. The number of primary amides is 1. The van der Waals surface area contributed by atoms with Gasteiger partial charge in [-0.05, 0) is 0 Å². The van der Waals surface area contributed by atoms with E-state index in [1.54, 1.807) is 0 Å². The molecule has 9 heteroatoms. The third kappa shape index (κ3) is 2.97. The van der Waals surface area contributed by atoms with Crippen LogP contribution in [0.4, 0.5) is 0 Å². The van der Waals surface area contributed by atoms with Crippen molar-refractivity contribution in [1.82, 2.24) is 0 Å². The number of nitrogens with two attached hydrogens (primary N) is 2. The Morgan fingerprint density at radius 3 is 2.71 bits per heavy atom. The number of ether oxygens (including phenoxy) is 1. The maximum atomic E-state index is 10.5. The van der Waals surface area contributed by atoms with Gasteiger partial charge in [-0.25, -0.2) is 9.98 Å². The average Bonchev–Trinajstić information content (AvgIpc) is 2.55. The second-order valence-electron chi connectivity index (χ2n) is 3.48. The van der Waals surface area contributed by atoms with Gasteiger partial charge in [0.25, 0.3) is 5.91 Å². The number of aliphatic imine (C=N–C) groups is 2. The highest BCUT2D eigenvalue weighted by atomic mass is 16.5. The van der Waals surface area contributed by atoms with Gasteiger partial charge in [-0.2, -0.15) is 0 Å². The lowest BCUT2D eigenvalue weighted by Gasteiger charge is -2.20. The van der Waals surface area contributed by atoms with Crippen LogP contribution in [0.2, 0.25) is 0 Å². The van der Waals surface area contributed by atoms with Crippen molar-refractivity contribution in [2.75, 3.05) is 13.2 Å². The van der Waals surface area contributed by atoms with E-state index < -0.39 is 36.3 Å². The second-order valence-corrected chi connectivity index (χ2v) is 3.48. The Bertz CT molecular complexity index is 358. The Hall–Kier alpha value is -1.55. The molecule has 0 spiro atoms. The third-order valence-corrected chi connectivity index (χ3v) is 2.25. The lowest BCUT2D eigenvalue weighted by atomic mass is 10.1. The molecule has 1 fully saturated rings. The van der Waals surface area contributed by atoms with E-state index in [0.717, 1.165) is 6.34 Å². The maximum absolute atomic E-state index is 10.5. The molecule has 1 saturated heterocycles. The van der Waals surface area contributed by atoms with Crippen LogP contribution in [0.5, 0.6) is 0 Å². The van der Waals surface area contributed by atoms with E-state index in [2.05, 4.69) is 9.98 Å². The van der Waals surface area contributed by atoms with Crippen LogP contribution < -0.4 is 11.5 Å². The minimum Gasteiger partial charge on any atom is -0.394 e. The molecule has 0 bridgehead atoms.